The molecule has 3 rings (SSSR count). The topological polar surface area (TPSA) is 107 Å². The molecular formula is C21H15Cl2N3O5S. The van der Waals surface area contributed by atoms with Gasteiger partial charge < -0.3 is 14.5 Å². The van der Waals surface area contributed by atoms with Gasteiger partial charge in [-0.25, -0.2) is 0 Å². The monoisotopic (exact) mass is 491 g/mol. The van der Waals surface area contributed by atoms with Gasteiger partial charge in [-0.1, -0.05) is 23.2 Å². The Bertz CT molecular complexity index is 1230. The maximum Gasteiger partial charge on any atom is 0.273 e. The zero-order chi connectivity index (χ0) is 23.3. The van der Waals surface area contributed by atoms with Crippen LogP contribution in [0.15, 0.2) is 59.0 Å². The number of methoxy groups -OCH3 is 1. The smallest absolute Gasteiger partial charge is 0.273 e. The Morgan fingerprint density at radius 3 is 2.66 bits per heavy atom. The molecule has 164 valence electrons. The number of carbonyl (C=O) groups excluding carboxylic acids is 1. The Morgan fingerprint density at radius 1 is 1.19 bits per heavy atom. The molecule has 1 aromatic heterocycles. The van der Waals surface area contributed by atoms with Crippen molar-refractivity contribution in [2.24, 2.45) is 0 Å². The fraction of sp³-hybridized carbons (Fsp3) is 0.0476. The number of nitrogens with one attached hydrogen (secondary N) is 2. The molecule has 0 aliphatic heterocycles. The molecule has 0 unspecified atom stereocenters. The van der Waals surface area contributed by atoms with Crippen LogP contribution >= 0.6 is 35.4 Å². The molecule has 32 heavy (non-hydrogen) atoms. The molecule has 0 atom stereocenters. The zero-order valence-corrected chi connectivity index (χ0v) is 18.8. The van der Waals surface area contributed by atoms with E-state index in [0.717, 1.165) is 0 Å². The van der Waals surface area contributed by atoms with Crippen LogP contribution in [0.2, 0.25) is 10.0 Å². The number of furan rings is 1. The quantitative estimate of drug-likeness (QED) is 0.197. The van der Waals surface area contributed by atoms with Gasteiger partial charge in [-0.05, 0) is 54.7 Å². The number of nitro groups is 1. The molecule has 2 N–H and O–H groups in total. The van der Waals surface area contributed by atoms with E-state index in [1.165, 1.54) is 37.5 Å². The minimum Gasteiger partial charge on any atom is -0.494 e. The van der Waals surface area contributed by atoms with E-state index in [9.17, 15) is 14.9 Å². The first-order valence-corrected chi connectivity index (χ1v) is 10.1. The van der Waals surface area contributed by atoms with Crippen LogP contribution in [0.4, 0.5) is 11.4 Å². The summed E-state index contributed by atoms with van der Waals surface area (Å²) in [6, 6.07) is 12.4. The first-order chi connectivity index (χ1) is 15.3. The molecule has 0 fully saturated rings. The van der Waals surface area contributed by atoms with Gasteiger partial charge in [-0.3, -0.25) is 20.2 Å². The average molecular weight is 492 g/mol. The minimum atomic E-state index is -0.544. The number of anilines is 1. The molecule has 1 heterocycles. The SMILES string of the molecule is COc1cc([N+](=O)[O-])ccc1NC(=S)NC(=O)/C=C/c1ccc(-c2ccc(Cl)cc2Cl)o1. The maximum atomic E-state index is 12.2. The van der Waals surface area contributed by atoms with Crippen LogP contribution in [0, 0.1) is 10.1 Å². The number of benzene rings is 2. The Labute approximate surface area is 197 Å². The van der Waals surface area contributed by atoms with Gasteiger partial charge in [0.05, 0.1) is 28.8 Å². The van der Waals surface area contributed by atoms with Crippen molar-refractivity contribution in [2.45, 2.75) is 0 Å². The highest BCUT2D eigenvalue weighted by Crippen LogP contribution is 2.32. The number of carbonyl (C=O) groups is 1. The molecule has 11 heteroatoms. The molecular weight excluding hydrogens is 477 g/mol. The van der Waals surface area contributed by atoms with E-state index >= 15 is 0 Å². The van der Waals surface area contributed by atoms with Crippen molar-refractivity contribution in [1.29, 1.82) is 0 Å². The van der Waals surface area contributed by atoms with Gasteiger partial charge in [0.2, 0.25) is 5.91 Å². The lowest BCUT2D eigenvalue weighted by Gasteiger charge is -2.11. The number of non-ortho nitro benzene ring substituents is 1. The average Bonchev–Trinajstić information content (AvgIpc) is 3.21. The molecule has 0 radical (unpaired) electrons. The van der Waals surface area contributed by atoms with Crippen molar-refractivity contribution in [3.63, 3.8) is 0 Å². The molecule has 8 nitrogen and oxygen atoms in total. The Morgan fingerprint density at radius 2 is 1.97 bits per heavy atom. The van der Waals surface area contributed by atoms with Gasteiger partial charge in [0, 0.05) is 22.7 Å². The number of rotatable bonds is 6. The van der Waals surface area contributed by atoms with Crippen LogP contribution in [-0.4, -0.2) is 23.1 Å². The second-order valence-corrected chi connectivity index (χ2v) is 7.50. The lowest BCUT2D eigenvalue weighted by Crippen LogP contribution is -2.32. The van der Waals surface area contributed by atoms with E-state index in [1.807, 2.05) is 0 Å². The summed E-state index contributed by atoms with van der Waals surface area (Å²) in [5.74, 6) is 0.646. The number of amides is 1. The summed E-state index contributed by atoms with van der Waals surface area (Å²) in [5, 5.41) is 17.0. The Balaban J connectivity index is 1.62. The first kappa shape index (κ1) is 23.3. The van der Waals surface area contributed by atoms with Gasteiger partial charge >= 0.3 is 0 Å². The van der Waals surface area contributed by atoms with Gasteiger partial charge in [-0.2, -0.15) is 0 Å². The third-order valence-corrected chi connectivity index (χ3v) is 4.86. The normalized spacial score (nSPS) is 10.7. The molecule has 0 aliphatic carbocycles. The highest BCUT2D eigenvalue weighted by Gasteiger charge is 2.13. The summed E-state index contributed by atoms with van der Waals surface area (Å²) in [7, 11) is 1.36. The van der Waals surface area contributed by atoms with Gasteiger partial charge in [0.1, 0.15) is 17.3 Å². The summed E-state index contributed by atoms with van der Waals surface area (Å²) in [4.78, 5) is 22.5. The number of nitrogens with zero attached hydrogens (tertiary/aromatic N) is 1. The molecule has 0 saturated carbocycles. The third-order valence-electron chi connectivity index (χ3n) is 4.10. The van der Waals surface area contributed by atoms with Gasteiger partial charge in [0.25, 0.3) is 5.69 Å². The lowest BCUT2D eigenvalue weighted by molar-refractivity contribution is -0.384. The molecule has 0 spiro atoms. The highest BCUT2D eigenvalue weighted by molar-refractivity contribution is 7.80. The van der Waals surface area contributed by atoms with Crippen molar-refractivity contribution >= 4 is 63.9 Å². The zero-order valence-electron chi connectivity index (χ0n) is 16.4. The number of hydrogen-bond donors (Lipinski definition) is 2. The van der Waals surface area contributed by atoms with Crippen molar-refractivity contribution < 1.29 is 18.9 Å². The van der Waals surface area contributed by atoms with Crippen molar-refractivity contribution in [3.8, 4) is 17.1 Å². The maximum absolute atomic E-state index is 12.2. The number of hydrogen-bond acceptors (Lipinski definition) is 6. The van der Waals surface area contributed by atoms with Crippen LogP contribution in [0.1, 0.15) is 5.76 Å². The molecule has 3 aromatic rings. The van der Waals surface area contributed by atoms with E-state index in [0.29, 0.717) is 32.8 Å². The summed E-state index contributed by atoms with van der Waals surface area (Å²) in [6.07, 6.45) is 2.71. The number of nitro benzene ring substituents is 1. The Kier molecular flexibility index (Phi) is 7.47. The number of halogens is 2. The summed E-state index contributed by atoms with van der Waals surface area (Å²) in [6.45, 7) is 0. The molecule has 2 aromatic carbocycles. The van der Waals surface area contributed by atoms with E-state index in [1.54, 1.807) is 30.3 Å². The standard InChI is InChI=1S/C21H15Cl2N3O5S/c1-30-19-11-13(26(28)29)3-7-17(19)24-21(32)25-20(27)9-5-14-4-8-18(31-14)15-6-2-12(22)10-16(15)23/h2-11H,1H3,(H2,24,25,27,32)/b9-5+. The van der Waals surface area contributed by atoms with Crippen LogP contribution in [0.5, 0.6) is 5.75 Å². The first-order valence-electron chi connectivity index (χ1n) is 8.94. The molecule has 0 aliphatic rings. The van der Waals surface area contributed by atoms with E-state index in [2.05, 4.69) is 10.6 Å². The summed E-state index contributed by atoms with van der Waals surface area (Å²) < 4.78 is 10.8. The second-order valence-electron chi connectivity index (χ2n) is 6.24. The van der Waals surface area contributed by atoms with Gasteiger partial charge in [0.15, 0.2) is 5.11 Å². The second kappa shape index (κ2) is 10.3. The van der Waals surface area contributed by atoms with Crippen molar-refractivity contribution in [3.05, 3.63) is 80.5 Å². The number of thiocarbonyl (C=S) groups is 1. The van der Waals surface area contributed by atoms with Gasteiger partial charge in [-0.15, -0.1) is 0 Å². The Hall–Kier alpha value is -3.40. The van der Waals surface area contributed by atoms with Crippen molar-refractivity contribution in [1.82, 2.24) is 5.32 Å². The van der Waals surface area contributed by atoms with E-state index in [4.69, 9.17) is 44.6 Å². The van der Waals surface area contributed by atoms with E-state index < -0.39 is 10.8 Å². The molecule has 1 amide bonds. The van der Waals surface area contributed by atoms with Crippen LogP contribution in [-0.2, 0) is 4.79 Å². The fourth-order valence-corrected chi connectivity index (χ4v) is 3.35. The third kappa shape index (κ3) is 5.85. The van der Waals surface area contributed by atoms with E-state index in [-0.39, 0.29) is 16.5 Å². The fourth-order valence-electron chi connectivity index (χ4n) is 2.64. The van der Waals surface area contributed by atoms with Crippen molar-refractivity contribution in [2.75, 3.05) is 12.4 Å². The predicted octanol–water partition coefficient (Wildman–Crippen LogP) is 5.70. The highest BCUT2D eigenvalue weighted by atomic mass is 35.5. The molecule has 0 bridgehead atoms. The number of ether oxygens (including phenoxy) is 1. The van der Waals surface area contributed by atoms with Crippen LogP contribution < -0.4 is 15.4 Å². The summed E-state index contributed by atoms with van der Waals surface area (Å²) in [5.41, 5.74) is 0.897. The predicted molar refractivity (Wildman–Crippen MR) is 127 cm³/mol. The summed E-state index contributed by atoms with van der Waals surface area (Å²) >= 11 is 17.2. The van der Waals surface area contributed by atoms with Crippen LogP contribution in [0.25, 0.3) is 17.4 Å². The largest absolute Gasteiger partial charge is 0.494 e. The molecule has 0 saturated heterocycles. The van der Waals surface area contributed by atoms with Crippen LogP contribution in [0.3, 0.4) is 0 Å². The minimum absolute atomic E-state index is 0.0140. The lowest BCUT2D eigenvalue weighted by atomic mass is 10.2.